The number of likely N-dealkylation sites (N-methyl/N-ethyl adjacent to an activating group) is 1. The SMILES string of the molecule is CCN(CC)C(=O)CN1CCN(C(=O)c2cccc(CN3C(=O)c4ccccc4C3=O)c2)CC1. The lowest BCUT2D eigenvalue weighted by atomic mass is 10.1. The lowest BCUT2D eigenvalue weighted by Crippen LogP contribution is -2.51. The van der Waals surface area contributed by atoms with Gasteiger partial charge in [0.1, 0.15) is 0 Å². The van der Waals surface area contributed by atoms with Crippen molar-refractivity contribution in [3.63, 3.8) is 0 Å². The zero-order chi connectivity index (χ0) is 24.2. The summed E-state index contributed by atoms with van der Waals surface area (Å²) in [5, 5.41) is 0. The van der Waals surface area contributed by atoms with Crippen molar-refractivity contribution in [1.82, 2.24) is 19.6 Å². The van der Waals surface area contributed by atoms with Crippen LogP contribution in [0.2, 0.25) is 0 Å². The molecular formula is C26H30N4O4. The number of benzene rings is 2. The number of imide groups is 1. The van der Waals surface area contributed by atoms with E-state index in [-0.39, 0.29) is 30.2 Å². The molecule has 4 amide bonds. The first-order valence-corrected chi connectivity index (χ1v) is 11.8. The third-order valence-electron chi connectivity index (χ3n) is 6.53. The molecule has 0 saturated carbocycles. The summed E-state index contributed by atoms with van der Waals surface area (Å²) in [4.78, 5) is 57.7. The van der Waals surface area contributed by atoms with Crippen molar-refractivity contribution in [2.75, 3.05) is 45.8 Å². The van der Waals surface area contributed by atoms with Gasteiger partial charge in [-0.2, -0.15) is 0 Å². The molecule has 2 aliphatic rings. The van der Waals surface area contributed by atoms with Gasteiger partial charge in [-0.05, 0) is 43.7 Å². The largest absolute Gasteiger partial charge is 0.342 e. The van der Waals surface area contributed by atoms with Crippen LogP contribution in [-0.4, -0.2) is 89.0 Å². The minimum atomic E-state index is -0.312. The van der Waals surface area contributed by atoms with Gasteiger partial charge < -0.3 is 9.80 Å². The first kappa shape index (κ1) is 23.6. The summed E-state index contributed by atoms with van der Waals surface area (Å²) in [5.41, 5.74) is 2.08. The van der Waals surface area contributed by atoms with Gasteiger partial charge in [0.05, 0.1) is 24.2 Å². The number of hydrogen-bond acceptors (Lipinski definition) is 5. The Bertz CT molecular complexity index is 1070. The Morgan fingerprint density at radius 2 is 1.47 bits per heavy atom. The minimum Gasteiger partial charge on any atom is -0.342 e. The highest BCUT2D eigenvalue weighted by molar-refractivity contribution is 6.21. The molecule has 0 spiro atoms. The number of amides is 4. The molecule has 2 aliphatic heterocycles. The van der Waals surface area contributed by atoms with Crippen LogP contribution < -0.4 is 0 Å². The molecule has 0 radical (unpaired) electrons. The number of carbonyl (C=O) groups is 4. The van der Waals surface area contributed by atoms with E-state index in [1.54, 1.807) is 47.4 Å². The molecule has 0 atom stereocenters. The summed E-state index contributed by atoms with van der Waals surface area (Å²) in [6.07, 6.45) is 0. The fourth-order valence-corrected chi connectivity index (χ4v) is 4.53. The van der Waals surface area contributed by atoms with Gasteiger partial charge in [-0.15, -0.1) is 0 Å². The van der Waals surface area contributed by atoms with E-state index in [1.165, 1.54) is 4.90 Å². The van der Waals surface area contributed by atoms with E-state index in [0.717, 1.165) is 5.56 Å². The number of carbonyl (C=O) groups excluding carboxylic acids is 4. The molecule has 0 bridgehead atoms. The lowest BCUT2D eigenvalue weighted by Gasteiger charge is -2.35. The Kier molecular flexibility index (Phi) is 7.07. The summed E-state index contributed by atoms with van der Waals surface area (Å²) in [6.45, 7) is 8.23. The van der Waals surface area contributed by atoms with Gasteiger partial charge in [-0.1, -0.05) is 24.3 Å². The third kappa shape index (κ3) is 4.72. The lowest BCUT2D eigenvalue weighted by molar-refractivity contribution is -0.132. The fourth-order valence-electron chi connectivity index (χ4n) is 4.53. The van der Waals surface area contributed by atoms with Crippen LogP contribution in [0.1, 0.15) is 50.5 Å². The fraction of sp³-hybridized carbons (Fsp3) is 0.385. The quantitative estimate of drug-likeness (QED) is 0.589. The second kappa shape index (κ2) is 10.2. The second-order valence-corrected chi connectivity index (χ2v) is 8.58. The van der Waals surface area contributed by atoms with E-state index >= 15 is 0 Å². The molecule has 0 aromatic heterocycles. The van der Waals surface area contributed by atoms with Crippen LogP contribution in [0, 0.1) is 0 Å². The van der Waals surface area contributed by atoms with Crippen LogP contribution in [0.5, 0.6) is 0 Å². The number of nitrogens with zero attached hydrogens (tertiary/aromatic N) is 4. The molecule has 0 unspecified atom stereocenters. The van der Waals surface area contributed by atoms with Crippen LogP contribution >= 0.6 is 0 Å². The second-order valence-electron chi connectivity index (χ2n) is 8.58. The first-order valence-electron chi connectivity index (χ1n) is 11.8. The van der Waals surface area contributed by atoms with Crippen LogP contribution in [0.4, 0.5) is 0 Å². The normalized spacial score (nSPS) is 16.1. The standard InChI is InChI=1S/C26H30N4O4/c1-3-28(4-2)23(31)18-27-12-14-29(15-13-27)24(32)20-9-7-8-19(16-20)17-30-25(33)21-10-5-6-11-22(21)26(30)34/h5-11,16H,3-4,12-15,17-18H2,1-2H3. The van der Waals surface area contributed by atoms with Crippen molar-refractivity contribution in [1.29, 1.82) is 0 Å². The Balaban J connectivity index is 1.36. The van der Waals surface area contributed by atoms with Gasteiger partial charge in [-0.3, -0.25) is 29.0 Å². The van der Waals surface area contributed by atoms with Crippen molar-refractivity contribution < 1.29 is 19.2 Å². The van der Waals surface area contributed by atoms with E-state index in [0.29, 0.717) is 62.5 Å². The molecule has 4 rings (SSSR count). The summed E-state index contributed by atoms with van der Waals surface area (Å²) in [7, 11) is 0. The maximum atomic E-state index is 13.1. The molecule has 2 aromatic rings. The summed E-state index contributed by atoms with van der Waals surface area (Å²) < 4.78 is 0. The van der Waals surface area contributed by atoms with E-state index in [9.17, 15) is 19.2 Å². The smallest absolute Gasteiger partial charge is 0.261 e. The van der Waals surface area contributed by atoms with E-state index in [4.69, 9.17) is 0 Å². The molecule has 0 aliphatic carbocycles. The minimum absolute atomic E-state index is 0.0843. The van der Waals surface area contributed by atoms with Crippen molar-refractivity contribution in [3.8, 4) is 0 Å². The Morgan fingerprint density at radius 1 is 0.853 bits per heavy atom. The average molecular weight is 463 g/mol. The van der Waals surface area contributed by atoms with Crippen LogP contribution in [0.25, 0.3) is 0 Å². The predicted octanol–water partition coefficient (Wildman–Crippen LogP) is 2.11. The molecule has 2 aromatic carbocycles. The van der Waals surface area contributed by atoms with E-state index in [2.05, 4.69) is 4.90 Å². The van der Waals surface area contributed by atoms with Crippen LogP contribution in [-0.2, 0) is 11.3 Å². The van der Waals surface area contributed by atoms with E-state index < -0.39 is 0 Å². The number of hydrogen-bond donors (Lipinski definition) is 0. The number of fused-ring (bicyclic) bond motifs is 1. The highest BCUT2D eigenvalue weighted by Gasteiger charge is 2.35. The molecule has 1 fully saturated rings. The Morgan fingerprint density at radius 3 is 2.06 bits per heavy atom. The maximum Gasteiger partial charge on any atom is 0.261 e. The molecule has 2 heterocycles. The molecule has 178 valence electrons. The first-order chi connectivity index (χ1) is 16.4. The highest BCUT2D eigenvalue weighted by atomic mass is 16.2. The van der Waals surface area contributed by atoms with Gasteiger partial charge in [0, 0.05) is 44.8 Å². The predicted molar refractivity (Wildman–Crippen MR) is 127 cm³/mol. The summed E-state index contributed by atoms with van der Waals surface area (Å²) in [6, 6.07) is 13.9. The van der Waals surface area contributed by atoms with Gasteiger partial charge >= 0.3 is 0 Å². The van der Waals surface area contributed by atoms with Crippen molar-refractivity contribution in [2.24, 2.45) is 0 Å². The summed E-state index contributed by atoms with van der Waals surface area (Å²) in [5.74, 6) is -0.593. The van der Waals surface area contributed by atoms with Crippen LogP contribution in [0.3, 0.4) is 0 Å². The third-order valence-corrected chi connectivity index (χ3v) is 6.53. The molecule has 1 saturated heterocycles. The highest BCUT2D eigenvalue weighted by Crippen LogP contribution is 2.24. The Hall–Kier alpha value is -3.52. The zero-order valence-corrected chi connectivity index (χ0v) is 19.7. The van der Waals surface area contributed by atoms with E-state index in [1.807, 2.05) is 24.8 Å². The van der Waals surface area contributed by atoms with Crippen molar-refractivity contribution >= 4 is 23.6 Å². The molecular weight excluding hydrogens is 432 g/mol. The van der Waals surface area contributed by atoms with Gasteiger partial charge in [0.25, 0.3) is 17.7 Å². The monoisotopic (exact) mass is 462 g/mol. The average Bonchev–Trinajstić information content (AvgIpc) is 3.10. The zero-order valence-electron chi connectivity index (χ0n) is 19.7. The molecule has 8 nitrogen and oxygen atoms in total. The van der Waals surface area contributed by atoms with Crippen molar-refractivity contribution in [2.45, 2.75) is 20.4 Å². The van der Waals surface area contributed by atoms with Crippen LogP contribution in [0.15, 0.2) is 48.5 Å². The number of piperazine rings is 1. The molecule has 0 N–H and O–H groups in total. The maximum absolute atomic E-state index is 13.1. The van der Waals surface area contributed by atoms with Gasteiger partial charge in [0.15, 0.2) is 0 Å². The molecule has 8 heteroatoms. The summed E-state index contributed by atoms with van der Waals surface area (Å²) >= 11 is 0. The topological polar surface area (TPSA) is 81.2 Å². The number of rotatable bonds is 7. The molecule has 34 heavy (non-hydrogen) atoms. The Labute approximate surface area is 199 Å². The van der Waals surface area contributed by atoms with Crippen molar-refractivity contribution in [3.05, 3.63) is 70.8 Å². The van der Waals surface area contributed by atoms with Gasteiger partial charge in [-0.25, -0.2) is 0 Å². The van der Waals surface area contributed by atoms with Gasteiger partial charge in [0.2, 0.25) is 5.91 Å².